The van der Waals surface area contributed by atoms with Crippen molar-refractivity contribution in [1.29, 1.82) is 0 Å². The predicted molar refractivity (Wildman–Crippen MR) is 47.0 cm³/mol. The summed E-state index contributed by atoms with van der Waals surface area (Å²) < 4.78 is 9.46. The van der Waals surface area contributed by atoms with Crippen molar-refractivity contribution >= 4 is 17.1 Å². The van der Waals surface area contributed by atoms with Gasteiger partial charge in [-0.2, -0.15) is 0 Å². The number of aromatic nitrogens is 1. The Kier molecular flexibility index (Phi) is 1.85. The molecule has 0 atom stereocenters. The molecule has 2 rings (SSSR count). The fourth-order valence-corrected chi connectivity index (χ4v) is 1.18. The molecule has 1 aromatic heterocycles. The van der Waals surface area contributed by atoms with Gasteiger partial charge < -0.3 is 14.3 Å². The summed E-state index contributed by atoms with van der Waals surface area (Å²) in [5.41, 5.74) is 0.914. The van der Waals surface area contributed by atoms with Crippen LogP contribution in [0.2, 0.25) is 0 Å². The number of ether oxygens (including phenoxy) is 1. The van der Waals surface area contributed by atoms with E-state index >= 15 is 0 Å². The number of carbonyl (C=O) groups is 1. The molecule has 5 nitrogen and oxygen atoms in total. The van der Waals surface area contributed by atoms with Crippen molar-refractivity contribution in [2.75, 3.05) is 7.11 Å². The molecule has 1 aromatic carbocycles. The first-order valence-electron chi connectivity index (χ1n) is 3.87. The van der Waals surface area contributed by atoms with Gasteiger partial charge in [-0.3, -0.25) is 0 Å². The smallest absolute Gasteiger partial charge is 0.338 e. The fraction of sp³-hybridized carbons (Fsp3) is 0.111. The average molecular weight is 193 g/mol. The summed E-state index contributed by atoms with van der Waals surface area (Å²) in [7, 11) is 1.27. The molecule has 14 heavy (non-hydrogen) atoms. The van der Waals surface area contributed by atoms with E-state index < -0.39 is 5.97 Å². The lowest BCUT2D eigenvalue weighted by atomic mass is 10.2. The lowest BCUT2D eigenvalue weighted by Gasteiger charge is -1.99. The largest absolute Gasteiger partial charge is 0.506 e. The zero-order valence-electron chi connectivity index (χ0n) is 7.35. The van der Waals surface area contributed by atoms with Crippen LogP contribution >= 0.6 is 0 Å². The second-order valence-corrected chi connectivity index (χ2v) is 2.69. The van der Waals surface area contributed by atoms with Crippen LogP contribution in [0.4, 0.5) is 0 Å². The lowest BCUT2D eigenvalue weighted by molar-refractivity contribution is 0.0600. The van der Waals surface area contributed by atoms with Crippen LogP contribution in [0.3, 0.4) is 0 Å². The average Bonchev–Trinajstić information content (AvgIpc) is 2.64. The number of rotatable bonds is 1. The first-order valence-corrected chi connectivity index (χ1v) is 3.87. The van der Waals surface area contributed by atoms with E-state index in [0.29, 0.717) is 11.1 Å². The van der Waals surface area contributed by atoms with Crippen LogP contribution in [0.25, 0.3) is 11.1 Å². The maximum absolute atomic E-state index is 11.1. The Morgan fingerprint density at radius 3 is 3.07 bits per heavy atom. The minimum Gasteiger partial charge on any atom is -0.506 e. The van der Waals surface area contributed by atoms with Gasteiger partial charge in [0.2, 0.25) is 0 Å². The molecular formula is C9H7NO4. The van der Waals surface area contributed by atoms with Gasteiger partial charge in [0.1, 0.15) is 5.75 Å². The summed E-state index contributed by atoms with van der Waals surface area (Å²) in [5.74, 6) is -0.629. The summed E-state index contributed by atoms with van der Waals surface area (Å²) in [6.45, 7) is 0. The monoisotopic (exact) mass is 193 g/mol. The number of benzene rings is 1. The Labute approximate surface area is 78.9 Å². The molecule has 0 bridgehead atoms. The number of methoxy groups -OCH3 is 1. The van der Waals surface area contributed by atoms with Gasteiger partial charge in [0.25, 0.3) is 0 Å². The SMILES string of the molecule is COC(=O)c1cc(O)c2ncoc2c1. The van der Waals surface area contributed by atoms with E-state index in [0.717, 1.165) is 0 Å². The van der Waals surface area contributed by atoms with Gasteiger partial charge in [0.15, 0.2) is 17.5 Å². The van der Waals surface area contributed by atoms with Gasteiger partial charge in [-0.25, -0.2) is 9.78 Å². The molecule has 0 fully saturated rings. The van der Waals surface area contributed by atoms with Crippen molar-refractivity contribution in [3.63, 3.8) is 0 Å². The number of phenols is 1. The number of phenolic OH excluding ortho intramolecular Hbond substituents is 1. The van der Waals surface area contributed by atoms with Crippen molar-refractivity contribution < 1.29 is 19.1 Å². The van der Waals surface area contributed by atoms with Crippen molar-refractivity contribution in [2.45, 2.75) is 0 Å². The van der Waals surface area contributed by atoms with Crippen LogP contribution in [0.1, 0.15) is 10.4 Å². The van der Waals surface area contributed by atoms with Crippen molar-refractivity contribution in [1.82, 2.24) is 4.98 Å². The molecule has 1 heterocycles. The van der Waals surface area contributed by atoms with Gasteiger partial charge in [-0.1, -0.05) is 0 Å². The van der Waals surface area contributed by atoms with E-state index in [-0.39, 0.29) is 11.3 Å². The van der Waals surface area contributed by atoms with Crippen LogP contribution in [-0.2, 0) is 4.74 Å². The Hall–Kier alpha value is -2.04. The maximum atomic E-state index is 11.1. The molecule has 5 heteroatoms. The van der Waals surface area contributed by atoms with Gasteiger partial charge >= 0.3 is 5.97 Å². The zero-order chi connectivity index (χ0) is 10.1. The summed E-state index contributed by atoms with van der Waals surface area (Å²) in [6.07, 6.45) is 1.20. The maximum Gasteiger partial charge on any atom is 0.338 e. The number of esters is 1. The molecular weight excluding hydrogens is 186 g/mol. The van der Waals surface area contributed by atoms with Crippen LogP contribution in [-0.4, -0.2) is 23.2 Å². The molecule has 0 spiro atoms. The molecule has 0 unspecified atom stereocenters. The molecule has 1 N–H and O–H groups in total. The standard InChI is InChI=1S/C9H7NO4/c1-13-9(12)5-2-6(11)8-7(3-5)14-4-10-8/h2-4,11H,1H3. The number of oxazole rings is 1. The molecule has 0 amide bonds. The third-order valence-corrected chi connectivity index (χ3v) is 1.84. The topological polar surface area (TPSA) is 72.6 Å². The van der Waals surface area contributed by atoms with Crippen LogP contribution in [0.15, 0.2) is 22.9 Å². The third kappa shape index (κ3) is 1.19. The summed E-state index contributed by atoms with van der Waals surface area (Å²) in [4.78, 5) is 14.9. The Morgan fingerprint density at radius 2 is 2.36 bits per heavy atom. The highest BCUT2D eigenvalue weighted by atomic mass is 16.5. The van der Waals surface area contributed by atoms with Gasteiger partial charge in [-0.05, 0) is 12.1 Å². The Balaban J connectivity index is 2.64. The van der Waals surface area contributed by atoms with Gasteiger partial charge in [0, 0.05) is 0 Å². The second kappa shape index (κ2) is 3.02. The number of aromatic hydroxyl groups is 1. The van der Waals surface area contributed by atoms with E-state index in [1.807, 2.05) is 0 Å². The van der Waals surface area contributed by atoms with Crippen LogP contribution in [0.5, 0.6) is 5.75 Å². The van der Waals surface area contributed by atoms with E-state index in [4.69, 9.17) is 4.42 Å². The minimum absolute atomic E-state index is 0.100. The zero-order valence-corrected chi connectivity index (χ0v) is 7.35. The molecule has 2 aromatic rings. The molecule has 0 aliphatic carbocycles. The van der Waals surface area contributed by atoms with Gasteiger partial charge in [-0.15, -0.1) is 0 Å². The van der Waals surface area contributed by atoms with Crippen molar-refractivity contribution in [3.05, 3.63) is 24.1 Å². The number of carbonyl (C=O) groups excluding carboxylic acids is 1. The molecule has 72 valence electrons. The van der Waals surface area contributed by atoms with Crippen molar-refractivity contribution in [3.8, 4) is 5.75 Å². The fourth-order valence-electron chi connectivity index (χ4n) is 1.18. The number of fused-ring (bicyclic) bond motifs is 1. The normalized spacial score (nSPS) is 10.4. The van der Waals surface area contributed by atoms with E-state index in [2.05, 4.69) is 9.72 Å². The predicted octanol–water partition coefficient (Wildman–Crippen LogP) is 1.32. The quantitative estimate of drug-likeness (QED) is 0.691. The first-order chi connectivity index (χ1) is 6.72. The molecule has 0 radical (unpaired) electrons. The second-order valence-electron chi connectivity index (χ2n) is 2.69. The highest BCUT2D eigenvalue weighted by molar-refractivity contribution is 5.95. The Bertz CT molecular complexity index is 489. The lowest BCUT2D eigenvalue weighted by Crippen LogP contribution is -2.00. The highest BCUT2D eigenvalue weighted by Gasteiger charge is 2.12. The van der Waals surface area contributed by atoms with Crippen LogP contribution in [0, 0.1) is 0 Å². The third-order valence-electron chi connectivity index (χ3n) is 1.84. The molecule has 0 aliphatic heterocycles. The minimum atomic E-state index is -0.529. The summed E-state index contributed by atoms with van der Waals surface area (Å²) in [6, 6.07) is 2.75. The van der Waals surface area contributed by atoms with Crippen LogP contribution < -0.4 is 0 Å². The van der Waals surface area contributed by atoms with E-state index in [1.54, 1.807) is 0 Å². The Morgan fingerprint density at radius 1 is 1.57 bits per heavy atom. The number of hydrogen-bond acceptors (Lipinski definition) is 5. The number of hydrogen-bond donors (Lipinski definition) is 1. The van der Waals surface area contributed by atoms with E-state index in [9.17, 15) is 9.90 Å². The molecule has 0 aliphatic rings. The molecule has 0 saturated carbocycles. The van der Waals surface area contributed by atoms with Crippen molar-refractivity contribution in [2.24, 2.45) is 0 Å². The summed E-state index contributed by atoms with van der Waals surface area (Å²) >= 11 is 0. The number of nitrogens with zero attached hydrogens (tertiary/aromatic N) is 1. The van der Waals surface area contributed by atoms with E-state index in [1.165, 1.54) is 25.6 Å². The van der Waals surface area contributed by atoms with Gasteiger partial charge in [0.05, 0.1) is 12.7 Å². The first kappa shape index (κ1) is 8.55. The summed E-state index contributed by atoms with van der Waals surface area (Å²) in [5, 5.41) is 9.46. The molecule has 0 saturated heterocycles. The highest BCUT2D eigenvalue weighted by Crippen LogP contribution is 2.25.